The molecule has 0 spiro atoms. The molecule has 0 aromatic rings. The third kappa shape index (κ3) is 7.08. The van der Waals surface area contributed by atoms with E-state index in [1.54, 1.807) is 0 Å². The van der Waals surface area contributed by atoms with Gasteiger partial charge in [0.25, 0.3) is 0 Å². The number of nitrogens with one attached hydrogen (secondary N) is 1. The van der Waals surface area contributed by atoms with Gasteiger partial charge in [0.05, 0.1) is 18.6 Å². The second-order valence-electron chi connectivity index (χ2n) is 4.15. The van der Waals surface area contributed by atoms with Gasteiger partial charge in [0.1, 0.15) is 6.61 Å². The number of esters is 1. The summed E-state index contributed by atoms with van der Waals surface area (Å²) in [5.74, 6) is 0.233. The summed E-state index contributed by atoms with van der Waals surface area (Å²) in [6.07, 6.45) is 0.834. The Morgan fingerprint density at radius 2 is 2.07 bits per heavy atom. The number of aliphatic hydroxyl groups is 1. The molecule has 0 radical (unpaired) electrons. The highest BCUT2D eigenvalue weighted by molar-refractivity contribution is 14.1. The molecule has 0 aliphatic heterocycles. The molecule has 4 nitrogen and oxygen atoms in total. The third-order valence-electron chi connectivity index (χ3n) is 2.03. The molecular weight excluding hydrogens is 309 g/mol. The van der Waals surface area contributed by atoms with Crippen molar-refractivity contribution in [2.24, 2.45) is 11.8 Å². The molecule has 0 aliphatic rings. The summed E-state index contributed by atoms with van der Waals surface area (Å²) in [5.41, 5.74) is 0. The minimum absolute atomic E-state index is 0.0330. The van der Waals surface area contributed by atoms with Crippen molar-refractivity contribution < 1.29 is 14.6 Å². The Bertz CT molecular complexity index is 184. The smallest absolute Gasteiger partial charge is 0.308 e. The van der Waals surface area contributed by atoms with Gasteiger partial charge in [0, 0.05) is 22.9 Å². The van der Waals surface area contributed by atoms with Crippen LogP contribution in [0.25, 0.3) is 0 Å². The normalized spacial score (nSPS) is 15.1. The standard InChI is InChI=1S/C10H20INO3/c1-7(2)4-8(3)10(14)15-6-9(5-13)12-11/h7-9,12-13H,4-6H2,1-3H3. The fraction of sp³-hybridized carbons (Fsp3) is 0.900. The largest absolute Gasteiger partial charge is 0.464 e. The van der Waals surface area contributed by atoms with Crippen molar-refractivity contribution in [1.82, 2.24) is 3.53 Å². The third-order valence-corrected chi connectivity index (χ3v) is 2.91. The molecule has 0 amide bonds. The topological polar surface area (TPSA) is 58.6 Å². The average molecular weight is 329 g/mol. The van der Waals surface area contributed by atoms with Gasteiger partial charge in [-0.05, 0) is 12.3 Å². The second kappa shape index (κ2) is 8.29. The fourth-order valence-electron chi connectivity index (χ4n) is 1.25. The molecule has 0 saturated carbocycles. The van der Waals surface area contributed by atoms with Crippen LogP contribution in [0.3, 0.4) is 0 Å². The van der Waals surface area contributed by atoms with Gasteiger partial charge in [-0.25, -0.2) is 0 Å². The van der Waals surface area contributed by atoms with Crippen LogP contribution in [-0.4, -0.2) is 30.3 Å². The van der Waals surface area contributed by atoms with Gasteiger partial charge < -0.3 is 9.84 Å². The maximum atomic E-state index is 11.5. The highest BCUT2D eigenvalue weighted by atomic mass is 127. The van der Waals surface area contributed by atoms with Crippen LogP contribution in [0.5, 0.6) is 0 Å². The Labute approximate surface area is 105 Å². The number of hydrogen-bond donors (Lipinski definition) is 2. The molecule has 0 aliphatic carbocycles. The molecule has 0 rings (SSSR count). The predicted molar refractivity (Wildman–Crippen MR) is 67.6 cm³/mol. The molecule has 0 aromatic heterocycles. The lowest BCUT2D eigenvalue weighted by atomic mass is 9.99. The summed E-state index contributed by atoms with van der Waals surface area (Å²) in [6.45, 7) is 6.21. The van der Waals surface area contributed by atoms with E-state index in [-0.39, 0.29) is 31.1 Å². The number of ether oxygens (including phenoxy) is 1. The van der Waals surface area contributed by atoms with E-state index in [9.17, 15) is 4.79 Å². The van der Waals surface area contributed by atoms with Crippen LogP contribution in [0.2, 0.25) is 0 Å². The lowest BCUT2D eigenvalue weighted by molar-refractivity contribution is -0.149. The van der Waals surface area contributed by atoms with E-state index in [1.165, 1.54) is 0 Å². The number of hydrogen-bond acceptors (Lipinski definition) is 4. The van der Waals surface area contributed by atoms with Crippen LogP contribution in [0.1, 0.15) is 27.2 Å². The van der Waals surface area contributed by atoms with Crippen LogP contribution < -0.4 is 3.53 Å². The number of halogens is 1. The van der Waals surface area contributed by atoms with Crippen LogP contribution in [0, 0.1) is 11.8 Å². The molecule has 5 heteroatoms. The summed E-state index contributed by atoms with van der Waals surface area (Å²) < 4.78 is 7.91. The first kappa shape index (κ1) is 15.1. The molecule has 15 heavy (non-hydrogen) atoms. The summed E-state index contributed by atoms with van der Waals surface area (Å²) in [6, 6.07) is -0.180. The molecule has 2 N–H and O–H groups in total. The minimum Gasteiger partial charge on any atom is -0.464 e. The number of carbonyl (C=O) groups is 1. The average Bonchev–Trinajstić information content (AvgIpc) is 2.18. The van der Waals surface area contributed by atoms with E-state index >= 15 is 0 Å². The van der Waals surface area contributed by atoms with Crippen molar-refractivity contribution in [3.8, 4) is 0 Å². The highest BCUT2D eigenvalue weighted by Crippen LogP contribution is 2.12. The van der Waals surface area contributed by atoms with Gasteiger partial charge in [-0.1, -0.05) is 20.8 Å². The summed E-state index contributed by atoms with van der Waals surface area (Å²) >= 11 is 1.93. The quantitative estimate of drug-likeness (QED) is 0.422. The zero-order valence-electron chi connectivity index (χ0n) is 9.50. The molecule has 0 aromatic carbocycles. The predicted octanol–water partition coefficient (Wildman–Crippen LogP) is 1.51. The van der Waals surface area contributed by atoms with Crippen molar-refractivity contribution in [1.29, 1.82) is 0 Å². The molecule has 0 saturated heterocycles. The maximum Gasteiger partial charge on any atom is 0.308 e. The molecule has 2 unspecified atom stereocenters. The molecule has 2 atom stereocenters. The van der Waals surface area contributed by atoms with Gasteiger partial charge in [-0.15, -0.1) is 0 Å². The molecule has 0 fully saturated rings. The van der Waals surface area contributed by atoms with Crippen molar-refractivity contribution in [3.05, 3.63) is 0 Å². The van der Waals surface area contributed by atoms with Crippen molar-refractivity contribution >= 4 is 28.8 Å². The number of rotatable bonds is 7. The van der Waals surface area contributed by atoms with Crippen LogP contribution in [0.15, 0.2) is 0 Å². The van der Waals surface area contributed by atoms with E-state index in [0.717, 1.165) is 6.42 Å². The minimum atomic E-state index is -0.186. The van der Waals surface area contributed by atoms with E-state index in [1.807, 2.05) is 29.8 Å². The lowest BCUT2D eigenvalue weighted by Gasteiger charge is -2.16. The van der Waals surface area contributed by atoms with Crippen LogP contribution >= 0.6 is 22.9 Å². The zero-order chi connectivity index (χ0) is 11.8. The van der Waals surface area contributed by atoms with Gasteiger partial charge in [0.15, 0.2) is 0 Å². The summed E-state index contributed by atoms with van der Waals surface area (Å²) in [4.78, 5) is 11.5. The zero-order valence-corrected chi connectivity index (χ0v) is 11.7. The van der Waals surface area contributed by atoms with Crippen molar-refractivity contribution in [2.45, 2.75) is 33.2 Å². The number of aliphatic hydroxyl groups excluding tert-OH is 1. The highest BCUT2D eigenvalue weighted by Gasteiger charge is 2.17. The lowest BCUT2D eigenvalue weighted by Crippen LogP contribution is -2.32. The first-order chi connectivity index (χ1) is 7.01. The molecule has 0 bridgehead atoms. The molecular formula is C10H20INO3. The van der Waals surface area contributed by atoms with Crippen LogP contribution in [0.4, 0.5) is 0 Å². The van der Waals surface area contributed by atoms with E-state index in [2.05, 4.69) is 17.4 Å². The van der Waals surface area contributed by atoms with Crippen LogP contribution in [-0.2, 0) is 9.53 Å². The first-order valence-electron chi connectivity index (χ1n) is 5.14. The summed E-state index contributed by atoms with van der Waals surface area (Å²) in [5, 5.41) is 8.86. The summed E-state index contributed by atoms with van der Waals surface area (Å²) in [7, 11) is 0. The Hall–Kier alpha value is 0.120. The van der Waals surface area contributed by atoms with Gasteiger partial charge in [0.2, 0.25) is 0 Å². The van der Waals surface area contributed by atoms with Crippen molar-refractivity contribution in [2.75, 3.05) is 13.2 Å². The first-order valence-corrected chi connectivity index (χ1v) is 6.22. The maximum absolute atomic E-state index is 11.5. The molecule has 0 heterocycles. The van der Waals surface area contributed by atoms with Crippen molar-refractivity contribution in [3.63, 3.8) is 0 Å². The molecule has 90 valence electrons. The second-order valence-corrected chi connectivity index (χ2v) is 4.77. The van der Waals surface area contributed by atoms with Gasteiger partial charge in [-0.2, -0.15) is 0 Å². The Balaban J connectivity index is 3.81. The Morgan fingerprint density at radius 1 is 1.47 bits per heavy atom. The van der Waals surface area contributed by atoms with Gasteiger partial charge >= 0.3 is 5.97 Å². The fourth-order valence-corrected chi connectivity index (χ4v) is 1.62. The number of carbonyl (C=O) groups excluding carboxylic acids is 1. The van der Waals surface area contributed by atoms with Gasteiger partial charge in [-0.3, -0.25) is 8.32 Å². The van der Waals surface area contributed by atoms with E-state index in [4.69, 9.17) is 9.84 Å². The van der Waals surface area contributed by atoms with E-state index < -0.39 is 0 Å². The SMILES string of the molecule is CC(C)CC(C)C(=O)OCC(CO)NI. The monoisotopic (exact) mass is 329 g/mol. The van der Waals surface area contributed by atoms with E-state index in [0.29, 0.717) is 5.92 Å². The Kier molecular flexibility index (Phi) is 8.36. The Morgan fingerprint density at radius 3 is 2.47 bits per heavy atom.